The first-order valence-corrected chi connectivity index (χ1v) is 5.98. The van der Waals surface area contributed by atoms with Crippen LogP contribution in [0.3, 0.4) is 0 Å². The van der Waals surface area contributed by atoms with Gasteiger partial charge in [-0.05, 0) is 11.5 Å². The molecule has 0 aliphatic rings. The summed E-state index contributed by atoms with van der Waals surface area (Å²) in [6.07, 6.45) is 1.55. The van der Waals surface area contributed by atoms with Gasteiger partial charge < -0.3 is 5.32 Å². The van der Waals surface area contributed by atoms with Crippen LogP contribution in [0.1, 0.15) is 10.5 Å². The smallest absolute Gasteiger partial charge is 0.275 e. The van der Waals surface area contributed by atoms with Gasteiger partial charge in [0.15, 0.2) is 0 Å². The quantitative estimate of drug-likeness (QED) is 0.705. The van der Waals surface area contributed by atoms with Gasteiger partial charge in [0.25, 0.3) is 5.91 Å². The van der Waals surface area contributed by atoms with E-state index in [4.69, 9.17) is 11.6 Å². The zero-order valence-electron chi connectivity index (χ0n) is 9.72. The van der Waals surface area contributed by atoms with Crippen LogP contribution < -0.4 is 5.32 Å². The molecule has 0 bridgehead atoms. The third kappa shape index (κ3) is 2.28. The van der Waals surface area contributed by atoms with E-state index in [-0.39, 0.29) is 11.6 Å². The monoisotopic (exact) mass is 272 g/mol. The number of hydrogen-bond acceptors (Lipinski definition) is 3. The highest BCUT2D eigenvalue weighted by Crippen LogP contribution is 2.22. The number of hydrogen-bond donors (Lipinski definition) is 2. The van der Waals surface area contributed by atoms with E-state index in [1.54, 1.807) is 18.3 Å². The van der Waals surface area contributed by atoms with Crippen LogP contribution in [0.5, 0.6) is 0 Å². The number of amides is 1. The Morgan fingerprint density at radius 3 is 2.89 bits per heavy atom. The van der Waals surface area contributed by atoms with Gasteiger partial charge in [-0.25, -0.2) is 4.98 Å². The Hall–Kier alpha value is -2.40. The number of carbonyl (C=O) groups is 1. The first-order chi connectivity index (χ1) is 9.24. The van der Waals surface area contributed by atoms with Crippen molar-refractivity contribution in [3.8, 4) is 0 Å². The molecule has 0 aliphatic heterocycles. The van der Waals surface area contributed by atoms with Crippen molar-refractivity contribution in [2.24, 2.45) is 0 Å². The predicted octanol–water partition coefficient (Wildman–Crippen LogP) is 2.86. The molecule has 2 N–H and O–H groups in total. The lowest BCUT2D eigenvalue weighted by Crippen LogP contribution is -2.14. The van der Waals surface area contributed by atoms with Crippen molar-refractivity contribution in [2.45, 2.75) is 0 Å². The lowest BCUT2D eigenvalue weighted by molar-refractivity contribution is 0.102. The Bertz CT molecular complexity index is 739. The molecule has 0 spiro atoms. The van der Waals surface area contributed by atoms with Crippen LogP contribution in [0.25, 0.3) is 10.8 Å². The maximum absolute atomic E-state index is 12.0. The van der Waals surface area contributed by atoms with Crippen molar-refractivity contribution in [2.75, 3.05) is 5.32 Å². The number of aromatic amines is 1. The van der Waals surface area contributed by atoms with Crippen LogP contribution in [0, 0.1) is 0 Å². The number of rotatable bonds is 2. The minimum Gasteiger partial charge on any atom is -0.306 e. The molecule has 0 fully saturated rings. The van der Waals surface area contributed by atoms with E-state index in [9.17, 15) is 4.79 Å². The van der Waals surface area contributed by atoms with Gasteiger partial charge in [0.2, 0.25) is 0 Å². The van der Waals surface area contributed by atoms with Crippen LogP contribution >= 0.6 is 11.6 Å². The van der Waals surface area contributed by atoms with Gasteiger partial charge in [-0.3, -0.25) is 9.89 Å². The third-order valence-corrected chi connectivity index (χ3v) is 2.96. The van der Waals surface area contributed by atoms with Crippen molar-refractivity contribution >= 4 is 34.1 Å². The van der Waals surface area contributed by atoms with Crippen LogP contribution in [-0.2, 0) is 0 Å². The van der Waals surface area contributed by atoms with E-state index < -0.39 is 0 Å². The molecule has 1 amide bonds. The van der Waals surface area contributed by atoms with Gasteiger partial charge in [-0.15, -0.1) is 0 Å². The molecule has 1 aromatic carbocycles. The summed E-state index contributed by atoms with van der Waals surface area (Å²) in [6.45, 7) is 0. The van der Waals surface area contributed by atoms with E-state index in [2.05, 4.69) is 20.5 Å². The van der Waals surface area contributed by atoms with Crippen molar-refractivity contribution in [3.63, 3.8) is 0 Å². The molecular formula is C13H9ClN4O. The van der Waals surface area contributed by atoms with E-state index in [1.807, 2.05) is 24.3 Å². The summed E-state index contributed by atoms with van der Waals surface area (Å²) in [5, 5.41) is 11.1. The normalized spacial score (nSPS) is 10.6. The van der Waals surface area contributed by atoms with Crippen LogP contribution in [-0.4, -0.2) is 21.1 Å². The third-order valence-electron chi connectivity index (χ3n) is 2.68. The maximum atomic E-state index is 12.0. The number of benzene rings is 1. The second-order valence-electron chi connectivity index (χ2n) is 3.94. The fourth-order valence-electron chi connectivity index (χ4n) is 1.78. The zero-order valence-corrected chi connectivity index (χ0v) is 10.5. The molecule has 0 atom stereocenters. The molecule has 5 nitrogen and oxygen atoms in total. The van der Waals surface area contributed by atoms with Crippen molar-refractivity contribution in [3.05, 3.63) is 53.4 Å². The molecule has 6 heteroatoms. The summed E-state index contributed by atoms with van der Waals surface area (Å²) in [4.78, 5) is 16.1. The van der Waals surface area contributed by atoms with E-state index in [1.165, 1.54) is 0 Å². The molecule has 94 valence electrons. The SMILES string of the molecule is O=C(Nc1ccn[nH]1)c1cc2ccccc2c(Cl)n1. The Morgan fingerprint density at radius 1 is 1.26 bits per heavy atom. The number of pyridine rings is 1. The second kappa shape index (κ2) is 4.70. The average Bonchev–Trinajstić information content (AvgIpc) is 2.91. The van der Waals surface area contributed by atoms with Crippen molar-refractivity contribution in [1.82, 2.24) is 15.2 Å². The number of carbonyl (C=O) groups excluding carboxylic acids is 1. The fourth-order valence-corrected chi connectivity index (χ4v) is 2.05. The van der Waals surface area contributed by atoms with E-state index in [0.717, 1.165) is 10.8 Å². The second-order valence-corrected chi connectivity index (χ2v) is 4.30. The first kappa shape index (κ1) is 11.7. The Balaban J connectivity index is 1.98. The molecule has 19 heavy (non-hydrogen) atoms. The highest BCUT2D eigenvalue weighted by Gasteiger charge is 2.11. The minimum atomic E-state index is -0.336. The molecule has 0 unspecified atom stereocenters. The minimum absolute atomic E-state index is 0.262. The molecule has 3 rings (SSSR count). The fraction of sp³-hybridized carbons (Fsp3) is 0. The van der Waals surface area contributed by atoms with Gasteiger partial charge in [0.1, 0.15) is 16.7 Å². The summed E-state index contributed by atoms with van der Waals surface area (Å²) in [5.41, 5.74) is 0.262. The van der Waals surface area contributed by atoms with Crippen LogP contribution in [0.2, 0.25) is 5.15 Å². The number of anilines is 1. The average molecular weight is 273 g/mol. The topological polar surface area (TPSA) is 70.7 Å². The van der Waals surface area contributed by atoms with Crippen molar-refractivity contribution < 1.29 is 4.79 Å². The number of fused-ring (bicyclic) bond motifs is 1. The number of nitrogens with one attached hydrogen (secondary N) is 2. The summed E-state index contributed by atoms with van der Waals surface area (Å²) in [5.74, 6) is 0.174. The Labute approximate surface area is 113 Å². The lowest BCUT2D eigenvalue weighted by Gasteiger charge is -2.05. The van der Waals surface area contributed by atoms with E-state index >= 15 is 0 Å². The van der Waals surface area contributed by atoms with Crippen molar-refractivity contribution in [1.29, 1.82) is 0 Å². The largest absolute Gasteiger partial charge is 0.306 e. The maximum Gasteiger partial charge on any atom is 0.275 e. The number of halogens is 1. The summed E-state index contributed by atoms with van der Waals surface area (Å²) in [6, 6.07) is 10.9. The van der Waals surface area contributed by atoms with Crippen LogP contribution in [0.4, 0.5) is 5.82 Å². The lowest BCUT2D eigenvalue weighted by atomic mass is 10.1. The van der Waals surface area contributed by atoms with Crippen LogP contribution in [0.15, 0.2) is 42.6 Å². The Morgan fingerprint density at radius 2 is 2.11 bits per heavy atom. The molecular weight excluding hydrogens is 264 g/mol. The number of nitrogens with zero attached hydrogens (tertiary/aromatic N) is 2. The molecule has 0 saturated heterocycles. The van der Waals surface area contributed by atoms with Gasteiger partial charge in [-0.1, -0.05) is 35.9 Å². The highest BCUT2D eigenvalue weighted by atomic mass is 35.5. The molecule has 0 aliphatic carbocycles. The Kier molecular flexibility index (Phi) is 2.89. The summed E-state index contributed by atoms with van der Waals surface area (Å²) in [7, 11) is 0. The zero-order chi connectivity index (χ0) is 13.2. The van der Waals surface area contributed by atoms with Gasteiger partial charge in [0.05, 0.1) is 6.20 Å². The van der Waals surface area contributed by atoms with Gasteiger partial charge in [0, 0.05) is 11.5 Å². The molecule has 2 aromatic heterocycles. The summed E-state index contributed by atoms with van der Waals surface area (Å²) < 4.78 is 0. The predicted molar refractivity (Wildman–Crippen MR) is 73.3 cm³/mol. The first-order valence-electron chi connectivity index (χ1n) is 5.60. The molecule has 0 radical (unpaired) electrons. The van der Waals surface area contributed by atoms with Gasteiger partial charge in [-0.2, -0.15) is 5.10 Å². The van der Waals surface area contributed by atoms with Gasteiger partial charge >= 0.3 is 0 Å². The molecule has 0 saturated carbocycles. The van der Waals surface area contributed by atoms with E-state index in [0.29, 0.717) is 11.0 Å². The molecule has 2 heterocycles. The number of aromatic nitrogens is 3. The highest BCUT2D eigenvalue weighted by molar-refractivity contribution is 6.34. The molecule has 3 aromatic rings. The number of H-pyrrole nitrogens is 1. The standard InChI is InChI=1S/C13H9ClN4O/c14-12-9-4-2-1-3-8(9)7-10(16-12)13(19)17-11-5-6-15-18-11/h1-7H,(H2,15,17,18,19). The summed E-state index contributed by atoms with van der Waals surface area (Å²) >= 11 is 6.08.